The molecule has 0 saturated heterocycles. The maximum absolute atomic E-state index is 12.1. The third kappa shape index (κ3) is 11.0. The van der Waals surface area contributed by atoms with E-state index in [1.54, 1.807) is 0 Å². The molecule has 142 valence electrons. The van der Waals surface area contributed by atoms with E-state index in [-0.39, 0.29) is 11.9 Å². The second-order valence-corrected chi connectivity index (χ2v) is 7.59. The van der Waals surface area contributed by atoms with E-state index < -0.39 is 0 Å². The summed E-state index contributed by atoms with van der Waals surface area (Å²) >= 11 is 0. The Morgan fingerprint density at radius 3 is 2.20 bits per heavy atom. The number of unbranched alkanes of at least 4 members (excludes halogenated alkanes) is 6. The number of hydrogen-bond donors (Lipinski definition) is 0. The van der Waals surface area contributed by atoms with Gasteiger partial charge in [-0.1, -0.05) is 102 Å². The van der Waals surface area contributed by atoms with Gasteiger partial charge in [0.25, 0.3) is 0 Å². The molecule has 0 spiro atoms. The van der Waals surface area contributed by atoms with Gasteiger partial charge in [0.1, 0.15) is 6.61 Å². The number of esters is 1. The van der Waals surface area contributed by atoms with E-state index in [1.807, 2.05) is 37.3 Å². The number of ether oxygens (including phenoxy) is 1. The van der Waals surface area contributed by atoms with Gasteiger partial charge in [-0.2, -0.15) is 0 Å². The van der Waals surface area contributed by atoms with Gasteiger partial charge < -0.3 is 4.74 Å². The monoisotopic (exact) mass is 346 g/mol. The summed E-state index contributed by atoms with van der Waals surface area (Å²) in [6, 6.07) is 9.89. The van der Waals surface area contributed by atoms with Crippen molar-refractivity contribution in [3.05, 3.63) is 35.9 Å². The summed E-state index contributed by atoms with van der Waals surface area (Å²) < 4.78 is 5.43. The van der Waals surface area contributed by atoms with Crippen LogP contribution in [-0.2, 0) is 16.1 Å². The molecule has 0 fully saturated rings. The van der Waals surface area contributed by atoms with Gasteiger partial charge in [-0.05, 0) is 24.3 Å². The van der Waals surface area contributed by atoms with Crippen LogP contribution in [0.1, 0.15) is 90.5 Å². The predicted octanol–water partition coefficient (Wildman–Crippen LogP) is 6.92. The van der Waals surface area contributed by atoms with Crippen LogP contribution in [0.25, 0.3) is 0 Å². The largest absolute Gasteiger partial charge is 0.461 e. The van der Waals surface area contributed by atoms with Crippen molar-refractivity contribution in [2.24, 2.45) is 11.8 Å². The fourth-order valence-electron chi connectivity index (χ4n) is 3.12. The Morgan fingerprint density at radius 2 is 1.52 bits per heavy atom. The quantitative estimate of drug-likeness (QED) is 0.270. The zero-order valence-electron chi connectivity index (χ0n) is 16.6. The average molecular weight is 347 g/mol. The maximum atomic E-state index is 12.1. The SMILES string of the molecule is CCCCCCCCCC(C)CCC(C)C(=O)OCc1ccccc1. The van der Waals surface area contributed by atoms with Crippen molar-refractivity contribution in [3.8, 4) is 0 Å². The van der Waals surface area contributed by atoms with Gasteiger partial charge in [0, 0.05) is 0 Å². The van der Waals surface area contributed by atoms with Crippen LogP contribution in [0.15, 0.2) is 30.3 Å². The van der Waals surface area contributed by atoms with Crippen LogP contribution in [0, 0.1) is 11.8 Å². The minimum Gasteiger partial charge on any atom is -0.461 e. The average Bonchev–Trinajstić information content (AvgIpc) is 2.64. The first-order valence-electron chi connectivity index (χ1n) is 10.3. The Morgan fingerprint density at radius 1 is 0.880 bits per heavy atom. The van der Waals surface area contributed by atoms with Crippen LogP contribution in [0.4, 0.5) is 0 Å². The fourth-order valence-corrected chi connectivity index (χ4v) is 3.12. The highest BCUT2D eigenvalue weighted by molar-refractivity contribution is 5.71. The van der Waals surface area contributed by atoms with Crippen molar-refractivity contribution in [1.29, 1.82) is 0 Å². The molecule has 0 radical (unpaired) electrons. The zero-order chi connectivity index (χ0) is 18.3. The summed E-state index contributed by atoms with van der Waals surface area (Å²) in [4.78, 5) is 12.1. The molecule has 0 aromatic heterocycles. The van der Waals surface area contributed by atoms with E-state index in [9.17, 15) is 4.79 Å². The Bertz CT molecular complexity index is 441. The molecule has 2 atom stereocenters. The van der Waals surface area contributed by atoms with E-state index in [4.69, 9.17) is 4.74 Å². The fraction of sp³-hybridized carbons (Fsp3) is 0.696. The lowest BCUT2D eigenvalue weighted by Crippen LogP contribution is -2.15. The molecule has 1 aromatic rings. The first-order chi connectivity index (χ1) is 12.1. The summed E-state index contributed by atoms with van der Waals surface area (Å²) in [5.41, 5.74) is 1.05. The topological polar surface area (TPSA) is 26.3 Å². The number of hydrogen-bond acceptors (Lipinski definition) is 2. The molecule has 1 rings (SSSR count). The van der Waals surface area contributed by atoms with Crippen LogP contribution in [0.2, 0.25) is 0 Å². The smallest absolute Gasteiger partial charge is 0.308 e. The van der Waals surface area contributed by atoms with E-state index in [0.29, 0.717) is 12.5 Å². The molecule has 1 aromatic carbocycles. The second-order valence-electron chi connectivity index (χ2n) is 7.59. The molecular weight excluding hydrogens is 308 g/mol. The van der Waals surface area contributed by atoms with Crippen LogP contribution < -0.4 is 0 Å². The van der Waals surface area contributed by atoms with Gasteiger partial charge in [0.2, 0.25) is 0 Å². The zero-order valence-corrected chi connectivity index (χ0v) is 16.6. The molecule has 25 heavy (non-hydrogen) atoms. The number of carbonyl (C=O) groups excluding carboxylic acids is 1. The highest BCUT2D eigenvalue weighted by atomic mass is 16.5. The second kappa shape index (κ2) is 13.9. The molecule has 2 heteroatoms. The first kappa shape index (κ1) is 21.7. The summed E-state index contributed by atoms with van der Waals surface area (Å²) in [7, 11) is 0. The standard InChI is InChI=1S/C23H38O2/c1-4-5-6-7-8-9-11-14-20(2)17-18-21(3)23(24)25-19-22-15-12-10-13-16-22/h10,12-13,15-16,20-21H,4-9,11,14,17-19H2,1-3H3. The van der Waals surface area contributed by atoms with Gasteiger partial charge in [-0.25, -0.2) is 0 Å². The number of rotatable bonds is 14. The van der Waals surface area contributed by atoms with Gasteiger partial charge >= 0.3 is 5.97 Å². The molecule has 0 aliphatic carbocycles. The normalized spacial score (nSPS) is 13.4. The minimum absolute atomic E-state index is 0.000191. The van der Waals surface area contributed by atoms with Crippen molar-refractivity contribution in [1.82, 2.24) is 0 Å². The molecule has 0 N–H and O–H groups in total. The van der Waals surface area contributed by atoms with E-state index >= 15 is 0 Å². The molecule has 2 unspecified atom stereocenters. The van der Waals surface area contributed by atoms with E-state index in [1.165, 1.54) is 51.4 Å². The van der Waals surface area contributed by atoms with Crippen LogP contribution in [0.3, 0.4) is 0 Å². The number of benzene rings is 1. The third-order valence-corrected chi connectivity index (χ3v) is 5.02. The van der Waals surface area contributed by atoms with E-state index in [2.05, 4.69) is 13.8 Å². The lowest BCUT2D eigenvalue weighted by Gasteiger charge is -2.15. The van der Waals surface area contributed by atoms with Gasteiger partial charge in [0.05, 0.1) is 5.92 Å². The summed E-state index contributed by atoms with van der Waals surface area (Å²) in [5, 5.41) is 0. The van der Waals surface area contributed by atoms with Gasteiger partial charge in [0.15, 0.2) is 0 Å². The maximum Gasteiger partial charge on any atom is 0.308 e. The summed E-state index contributed by atoms with van der Waals surface area (Å²) in [5.74, 6) is 0.646. The van der Waals surface area contributed by atoms with Crippen LogP contribution in [-0.4, -0.2) is 5.97 Å². The first-order valence-corrected chi connectivity index (χ1v) is 10.3. The van der Waals surface area contributed by atoms with Gasteiger partial charge in [-0.3, -0.25) is 4.79 Å². The third-order valence-electron chi connectivity index (χ3n) is 5.02. The van der Waals surface area contributed by atoms with Crippen molar-refractivity contribution in [2.45, 2.75) is 91.6 Å². The molecule has 0 aliphatic rings. The van der Waals surface area contributed by atoms with Gasteiger partial charge in [-0.15, -0.1) is 0 Å². The van der Waals surface area contributed by atoms with Crippen LogP contribution >= 0.6 is 0 Å². The minimum atomic E-state index is -0.0630. The molecule has 0 bridgehead atoms. The Hall–Kier alpha value is -1.31. The molecule has 0 heterocycles. The Labute approximate surface area is 155 Å². The molecule has 0 amide bonds. The molecule has 2 nitrogen and oxygen atoms in total. The number of carbonyl (C=O) groups is 1. The summed E-state index contributed by atoms with van der Waals surface area (Å²) in [6.45, 7) is 6.96. The lowest BCUT2D eigenvalue weighted by atomic mass is 9.93. The lowest BCUT2D eigenvalue weighted by molar-refractivity contribution is -0.149. The Balaban J connectivity index is 2.05. The Kier molecular flexibility index (Phi) is 12.1. The highest BCUT2D eigenvalue weighted by Gasteiger charge is 2.15. The molecule has 0 saturated carbocycles. The molecule has 0 aliphatic heterocycles. The van der Waals surface area contributed by atoms with Crippen molar-refractivity contribution in [3.63, 3.8) is 0 Å². The van der Waals surface area contributed by atoms with E-state index in [0.717, 1.165) is 18.4 Å². The van der Waals surface area contributed by atoms with Crippen molar-refractivity contribution >= 4 is 5.97 Å². The molecular formula is C23H38O2. The highest BCUT2D eigenvalue weighted by Crippen LogP contribution is 2.20. The van der Waals surface area contributed by atoms with Crippen molar-refractivity contribution < 1.29 is 9.53 Å². The van der Waals surface area contributed by atoms with Crippen molar-refractivity contribution in [2.75, 3.05) is 0 Å². The predicted molar refractivity (Wildman–Crippen MR) is 106 cm³/mol. The van der Waals surface area contributed by atoms with Crippen LogP contribution in [0.5, 0.6) is 0 Å². The summed E-state index contributed by atoms with van der Waals surface area (Å²) in [6.07, 6.45) is 12.9.